The second-order valence-corrected chi connectivity index (χ2v) is 5.02. The van der Waals surface area contributed by atoms with Crippen molar-refractivity contribution in [1.29, 1.82) is 0 Å². The van der Waals surface area contributed by atoms with E-state index in [1.165, 1.54) is 18.2 Å². The summed E-state index contributed by atoms with van der Waals surface area (Å²) in [6.45, 7) is 0. The summed E-state index contributed by atoms with van der Waals surface area (Å²) in [5, 5.41) is 0. The van der Waals surface area contributed by atoms with Crippen molar-refractivity contribution in [3.8, 4) is 0 Å². The van der Waals surface area contributed by atoms with E-state index in [1.807, 2.05) is 35.9 Å². The van der Waals surface area contributed by atoms with Gasteiger partial charge in [-0.15, -0.1) is 0 Å². The van der Waals surface area contributed by atoms with Crippen LogP contribution in [0.4, 0.5) is 8.78 Å². The van der Waals surface area contributed by atoms with Crippen molar-refractivity contribution >= 4 is 11.0 Å². The first-order valence-corrected chi connectivity index (χ1v) is 6.67. The Morgan fingerprint density at radius 2 is 1.76 bits per heavy atom. The molecule has 3 rings (SSSR count). The number of nitrogens with zero attached hydrogens (tertiary/aromatic N) is 2. The lowest BCUT2D eigenvalue weighted by molar-refractivity contribution is 0.518. The Kier molecular flexibility index (Phi) is 3.43. The van der Waals surface area contributed by atoms with E-state index in [-0.39, 0.29) is 12.0 Å². The number of imidazole rings is 1. The Labute approximate surface area is 121 Å². The van der Waals surface area contributed by atoms with Crippen LogP contribution in [0.25, 0.3) is 11.0 Å². The Balaban J connectivity index is 1.97. The topological polar surface area (TPSA) is 43.8 Å². The smallest absolute Gasteiger partial charge is 0.130 e. The lowest BCUT2D eigenvalue weighted by Crippen LogP contribution is -2.18. The summed E-state index contributed by atoms with van der Waals surface area (Å²) < 4.78 is 29.4. The zero-order valence-corrected chi connectivity index (χ0v) is 11.6. The number of rotatable bonds is 3. The fourth-order valence-corrected chi connectivity index (χ4v) is 2.54. The van der Waals surface area contributed by atoms with Crippen molar-refractivity contribution in [1.82, 2.24) is 9.55 Å². The van der Waals surface area contributed by atoms with Crippen LogP contribution in [0.5, 0.6) is 0 Å². The molecule has 2 N–H and O–H groups in total. The number of nitrogens with two attached hydrogens (primary N) is 1. The van der Waals surface area contributed by atoms with Gasteiger partial charge in [0.1, 0.15) is 17.5 Å². The van der Waals surface area contributed by atoms with Crippen LogP contribution < -0.4 is 5.73 Å². The first-order valence-electron chi connectivity index (χ1n) is 6.67. The maximum Gasteiger partial charge on any atom is 0.130 e. The van der Waals surface area contributed by atoms with Crippen LogP contribution in [0.3, 0.4) is 0 Å². The molecule has 1 heterocycles. The molecular formula is C16H15F2N3. The SMILES string of the molecule is Cn1c(CC(N)c2c(F)cccc2F)nc2ccccc21. The third-order valence-corrected chi connectivity index (χ3v) is 3.65. The van der Waals surface area contributed by atoms with Gasteiger partial charge in [-0.2, -0.15) is 0 Å². The van der Waals surface area contributed by atoms with Gasteiger partial charge in [-0.3, -0.25) is 0 Å². The summed E-state index contributed by atoms with van der Waals surface area (Å²) in [6.07, 6.45) is 0.267. The van der Waals surface area contributed by atoms with Gasteiger partial charge in [0.2, 0.25) is 0 Å². The predicted molar refractivity (Wildman–Crippen MR) is 77.7 cm³/mol. The molecule has 1 unspecified atom stereocenters. The van der Waals surface area contributed by atoms with E-state index >= 15 is 0 Å². The van der Waals surface area contributed by atoms with E-state index in [4.69, 9.17) is 5.73 Å². The van der Waals surface area contributed by atoms with Gasteiger partial charge in [0.15, 0.2) is 0 Å². The number of benzene rings is 2. The fraction of sp³-hybridized carbons (Fsp3) is 0.188. The summed E-state index contributed by atoms with van der Waals surface area (Å²) in [5.41, 5.74) is 7.70. The molecule has 0 spiro atoms. The molecule has 108 valence electrons. The highest BCUT2D eigenvalue weighted by atomic mass is 19.1. The molecule has 0 amide bonds. The van der Waals surface area contributed by atoms with E-state index in [9.17, 15) is 8.78 Å². The highest BCUT2D eigenvalue weighted by Gasteiger charge is 2.19. The third-order valence-electron chi connectivity index (χ3n) is 3.65. The molecule has 0 saturated heterocycles. The molecule has 0 fully saturated rings. The standard InChI is InChI=1S/C16H15F2N3/c1-21-14-8-3-2-7-13(14)20-15(21)9-12(19)16-10(17)5-4-6-11(16)18/h2-8,12H,9,19H2,1H3. The highest BCUT2D eigenvalue weighted by Crippen LogP contribution is 2.23. The quantitative estimate of drug-likeness (QED) is 0.804. The third kappa shape index (κ3) is 2.40. The summed E-state index contributed by atoms with van der Waals surface area (Å²) in [6, 6.07) is 10.6. The molecule has 2 aromatic carbocycles. The molecule has 0 aliphatic heterocycles. The van der Waals surface area contributed by atoms with Crippen LogP contribution in [-0.4, -0.2) is 9.55 Å². The van der Waals surface area contributed by atoms with Crippen LogP contribution in [0.2, 0.25) is 0 Å². The molecule has 3 nitrogen and oxygen atoms in total. The van der Waals surface area contributed by atoms with E-state index in [0.717, 1.165) is 11.0 Å². The predicted octanol–water partition coefficient (Wildman–Crippen LogP) is 3.09. The number of hydrogen-bond acceptors (Lipinski definition) is 2. The Morgan fingerprint density at radius 3 is 2.43 bits per heavy atom. The van der Waals surface area contributed by atoms with Crippen molar-refractivity contribution in [3.05, 3.63) is 65.5 Å². The van der Waals surface area contributed by atoms with Gasteiger partial charge in [-0.1, -0.05) is 18.2 Å². The number of aryl methyl sites for hydroxylation is 1. The monoisotopic (exact) mass is 287 g/mol. The average Bonchev–Trinajstić information content (AvgIpc) is 2.76. The Bertz CT molecular complexity index is 775. The van der Waals surface area contributed by atoms with Crippen molar-refractivity contribution in [2.24, 2.45) is 12.8 Å². The molecular weight excluding hydrogens is 272 g/mol. The van der Waals surface area contributed by atoms with Crippen LogP contribution in [0.15, 0.2) is 42.5 Å². The first kappa shape index (κ1) is 13.7. The maximum absolute atomic E-state index is 13.8. The van der Waals surface area contributed by atoms with Gasteiger partial charge in [-0.25, -0.2) is 13.8 Å². The van der Waals surface area contributed by atoms with Crippen LogP contribution >= 0.6 is 0 Å². The van der Waals surface area contributed by atoms with Crippen molar-refractivity contribution < 1.29 is 8.78 Å². The first-order chi connectivity index (χ1) is 10.1. The van der Waals surface area contributed by atoms with Gasteiger partial charge in [-0.05, 0) is 24.3 Å². The minimum atomic E-state index is -0.776. The van der Waals surface area contributed by atoms with Gasteiger partial charge >= 0.3 is 0 Å². The number of fused-ring (bicyclic) bond motifs is 1. The Morgan fingerprint density at radius 1 is 1.10 bits per heavy atom. The van der Waals surface area contributed by atoms with Gasteiger partial charge < -0.3 is 10.3 Å². The molecule has 5 heteroatoms. The fourth-order valence-electron chi connectivity index (χ4n) is 2.54. The molecule has 3 aromatic rings. The number of para-hydroxylation sites is 2. The van der Waals surface area contributed by atoms with Gasteiger partial charge in [0.05, 0.1) is 11.0 Å². The zero-order chi connectivity index (χ0) is 15.0. The molecule has 0 bridgehead atoms. The van der Waals surface area contributed by atoms with Crippen molar-refractivity contribution in [2.45, 2.75) is 12.5 Å². The normalized spacial score (nSPS) is 12.8. The average molecular weight is 287 g/mol. The van der Waals surface area contributed by atoms with E-state index in [1.54, 1.807) is 0 Å². The molecule has 0 radical (unpaired) electrons. The highest BCUT2D eigenvalue weighted by molar-refractivity contribution is 5.75. The lowest BCUT2D eigenvalue weighted by atomic mass is 10.0. The molecule has 0 aliphatic rings. The molecule has 1 aromatic heterocycles. The lowest BCUT2D eigenvalue weighted by Gasteiger charge is -2.13. The number of aromatic nitrogens is 2. The molecule has 0 aliphatic carbocycles. The second-order valence-electron chi connectivity index (χ2n) is 5.02. The van der Waals surface area contributed by atoms with Crippen LogP contribution in [-0.2, 0) is 13.5 Å². The summed E-state index contributed by atoms with van der Waals surface area (Å²) in [5.74, 6) is -0.547. The minimum absolute atomic E-state index is 0.0930. The summed E-state index contributed by atoms with van der Waals surface area (Å²) >= 11 is 0. The van der Waals surface area contributed by atoms with E-state index in [2.05, 4.69) is 4.98 Å². The van der Waals surface area contributed by atoms with Crippen molar-refractivity contribution in [2.75, 3.05) is 0 Å². The van der Waals surface area contributed by atoms with Gasteiger partial charge in [0.25, 0.3) is 0 Å². The Hall–Kier alpha value is -2.27. The molecule has 0 saturated carbocycles. The van der Waals surface area contributed by atoms with E-state index in [0.29, 0.717) is 5.82 Å². The summed E-state index contributed by atoms with van der Waals surface area (Å²) in [7, 11) is 1.87. The maximum atomic E-state index is 13.8. The zero-order valence-electron chi connectivity index (χ0n) is 11.6. The number of hydrogen-bond donors (Lipinski definition) is 1. The van der Waals surface area contributed by atoms with Crippen LogP contribution in [0, 0.1) is 11.6 Å². The largest absolute Gasteiger partial charge is 0.331 e. The molecule has 1 atom stereocenters. The van der Waals surface area contributed by atoms with Crippen LogP contribution in [0.1, 0.15) is 17.4 Å². The van der Waals surface area contributed by atoms with E-state index < -0.39 is 17.7 Å². The minimum Gasteiger partial charge on any atom is -0.331 e. The van der Waals surface area contributed by atoms with Crippen molar-refractivity contribution in [3.63, 3.8) is 0 Å². The summed E-state index contributed by atoms with van der Waals surface area (Å²) in [4.78, 5) is 4.48. The molecule has 21 heavy (non-hydrogen) atoms. The second kappa shape index (κ2) is 5.26. The van der Waals surface area contributed by atoms with Gasteiger partial charge in [0, 0.05) is 25.1 Å². The number of halogens is 2.